The summed E-state index contributed by atoms with van der Waals surface area (Å²) in [5, 5.41) is 14.0. The van der Waals surface area contributed by atoms with Crippen LogP contribution in [0.25, 0.3) is 221 Å². The smallest absolute Gasteiger partial charge is 0.164 e. The summed E-state index contributed by atoms with van der Waals surface area (Å²) in [5.74, 6) is 1.64. The Hall–Kier alpha value is -15.5. The Kier molecular flexibility index (Phi) is 13.9. The fourth-order valence-corrected chi connectivity index (χ4v) is 18.6. The first kappa shape index (κ1) is 63.5. The predicted molar refractivity (Wildman–Crippen MR) is 473 cm³/mol. The minimum atomic E-state index is 0.527. The van der Waals surface area contributed by atoms with Crippen LogP contribution in [0.4, 0.5) is 0 Å². The zero-order valence-electron chi connectivity index (χ0n) is 61.6. The average Bonchev–Trinajstić information content (AvgIpc) is 1.49. The highest BCUT2D eigenvalue weighted by atomic mass is 15.1. The van der Waals surface area contributed by atoms with Gasteiger partial charge in [0, 0.05) is 98.4 Å². The van der Waals surface area contributed by atoms with Crippen molar-refractivity contribution in [1.82, 2.24) is 42.4 Å². The summed E-state index contributed by atoms with van der Waals surface area (Å²) in [4.78, 5) is 16.9. The van der Waals surface area contributed by atoms with E-state index in [1.54, 1.807) is 0 Å². The normalized spacial score (nSPS) is 12.0. The van der Waals surface area contributed by atoms with Gasteiger partial charge in [0.25, 0.3) is 0 Å². The molecule has 0 radical (unpaired) electrons. The maximum absolute atomic E-state index is 5.77. The summed E-state index contributed by atoms with van der Waals surface area (Å²) >= 11 is 0. The van der Waals surface area contributed by atoms with Crippen LogP contribution in [0.1, 0.15) is 0 Å². The minimum Gasteiger partial charge on any atom is -0.309 e. The Balaban J connectivity index is 0.818. The van der Waals surface area contributed by atoms with Crippen LogP contribution in [0.5, 0.6) is 0 Å². The van der Waals surface area contributed by atoms with Crippen molar-refractivity contribution in [1.29, 1.82) is 0 Å². The monoisotopic (exact) mass is 1450 g/mol. The molecule has 0 amide bonds. The summed E-state index contributed by atoms with van der Waals surface area (Å²) in [5.41, 5.74) is 26.3. The number of hydrogen-bond acceptors (Lipinski definition) is 3. The predicted octanol–water partition coefficient (Wildman–Crippen LogP) is 26.8. The van der Waals surface area contributed by atoms with Crippen molar-refractivity contribution < 1.29 is 0 Å². The van der Waals surface area contributed by atoms with Crippen LogP contribution < -0.4 is 0 Å². The molecule has 7 heterocycles. The highest BCUT2D eigenvalue weighted by Crippen LogP contribution is 2.48. The molecule has 24 aromatic rings. The van der Waals surface area contributed by atoms with Crippen LogP contribution in [0, 0.1) is 0 Å². The Morgan fingerprint density at radius 2 is 0.412 bits per heavy atom. The highest BCUT2D eigenvalue weighted by Gasteiger charge is 2.29. The van der Waals surface area contributed by atoms with Crippen molar-refractivity contribution in [2.45, 2.75) is 0 Å². The molecule has 0 aliphatic carbocycles. The zero-order valence-corrected chi connectivity index (χ0v) is 61.6. The van der Waals surface area contributed by atoms with Crippen LogP contribution in [-0.2, 0) is 0 Å². The average molecular weight is 1450 g/mol. The molecule has 24 rings (SSSR count). The fourth-order valence-electron chi connectivity index (χ4n) is 18.6. The van der Waals surface area contributed by atoms with Crippen LogP contribution >= 0.6 is 0 Å². The molecule has 17 aromatic carbocycles. The SMILES string of the molecule is c1ccc(-c2nc(-c3cccc(-n4c5ccccc5c5ccccc54)c3)nc(-c3cc(-n4c5ccccc5c5ccccc54)c(-n4c5ccc(-c6ccc7c(c6)c6ccccc6n7-c6ccccc6)cc5c5ccc(-c6ccc7c(c6)c6ccccc6n7-c6ccccc6)cc54)c(-n4c5ccccc5c5ccccc54)c3)n2)cc1. The molecule has 0 spiro atoms. The van der Waals surface area contributed by atoms with Gasteiger partial charge >= 0.3 is 0 Å². The maximum atomic E-state index is 5.77. The van der Waals surface area contributed by atoms with E-state index in [2.05, 4.69) is 416 Å². The molecule has 0 fully saturated rings. The van der Waals surface area contributed by atoms with Gasteiger partial charge in [-0.15, -0.1) is 0 Å². The van der Waals surface area contributed by atoms with Crippen LogP contribution in [-0.4, -0.2) is 42.4 Å². The summed E-state index contributed by atoms with van der Waals surface area (Å²) in [6.07, 6.45) is 0. The lowest BCUT2D eigenvalue weighted by atomic mass is 9.99. The maximum Gasteiger partial charge on any atom is 0.164 e. The Bertz CT molecular complexity index is 7810. The fraction of sp³-hybridized carbons (Fsp3) is 0. The van der Waals surface area contributed by atoms with E-state index < -0.39 is 0 Å². The second kappa shape index (κ2) is 25.0. The number of aromatic nitrogens is 9. The summed E-state index contributed by atoms with van der Waals surface area (Å²) < 4.78 is 14.7. The molecule has 7 aromatic heterocycles. The van der Waals surface area contributed by atoms with Crippen molar-refractivity contribution >= 4 is 131 Å². The van der Waals surface area contributed by atoms with Crippen molar-refractivity contribution in [3.63, 3.8) is 0 Å². The second-order valence-corrected chi connectivity index (χ2v) is 29.8. The molecule has 0 aliphatic heterocycles. The molecule has 0 unspecified atom stereocenters. The van der Waals surface area contributed by atoms with Gasteiger partial charge in [-0.3, -0.25) is 0 Å². The number of fused-ring (bicyclic) bond motifs is 18. The van der Waals surface area contributed by atoms with Gasteiger partial charge in [-0.05, 0) is 162 Å². The van der Waals surface area contributed by atoms with Crippen molar-refractivity contribution in [3.8, 4) is 90.5 Å². The van der Waals surface area contributed by atoms with E-state index >= 15 is 0 Å². The van der Waals surface area contributed by atoms with E-state index in [9.17, 15) is 0 Å². The molecule has 0 bridgehead atoms. The molecule has 0 aliphatic rings. The van der Waals surface area contributed by atoms with Crippen molar-refractivity contribution in [2.24, 2.45) is 0 Å². The summed E-state index contributed by atoms with van der Waals surface area (Å²) in [6.45, 7) is 0. The molecular weight excluding hydrogens is 1390 g/mol. The van der Waals surface area contributed by atoms with Crippen LogP contribution in [0.3, 0.4) is 0 Å². The number of hydrogen-bond donors (Lipinski definition) is 0. The standard InChI is InChI=1S/C105H65N9/c1-4-27-66(28-5-1)103-106-104(71-29-26-34-75(59-71)111-88-43-18-10-35-76(88)77-36-11-19-44-89(77)111)108-105(107-103)72-64-100(112-92-47-22-12-37-78(92)79-38-13-23-48-93(79)112)102(101(65-72)113-94-49-24-14-39-80(94)81-40-15-25-50-95(81)113)114-98-58-54-68(67-52-56-96-85(60-67)82-41-16-20-45-90(82)109(96)73-30-6-2-7-31-73)61-87(98)84-55-51-70(63-99(84)114)69-53-57-97-86(62-69)83-42-17-21-46-91(83)110(97)74-32-8-3-9-33-74/h1-65H. The molecule has 530 valence electrons. The Morgan fingerprint density at radius 3 is 0.816 bits per heavy atom. The van der Waals surface area contributed by atoms with Gasteiger partial charge in [0.15, 0.2) is 17.5 Å². The van der Waals surface area contributed by atoms with E-state index in [1.165, 1.54) is 37.8 Å². The third-order valence-corrected chi connectivity index (χ3v) is 23.6. The molecule has 9 heteroatoms. The topological polar surface area (TPSA) is 68.2 Å². The third kappa shape index (κ3) is 9.63. The first-order chi connectivity index (χ1) is 56.6. The Morgan fingerprint density at radius 1 is 0.140 bits per heavy atom. The molecule has 0 N–H and O–H groups in total. The molecule has 0 atom stereocenters. The lowest BCUT2D eigenvalue weighted by molar-refractivity contribution is 1.04. The lowest BCUT2D eigenvalue weighted by Crippen LogP contribution is -2.10. The highest BCUT2D eigenvalue weighted by molar-refractivity contribution is 6.18. The van der Waals surface area contributed by atoms with Crippen molar-refractivity contribution in [3.05, 3.63) is 394 Å². The van der Waals surface area contributed by atoms with E-state index in [0.717, 1.165) is 166 Å². The first-order valence-electron chi connectivity index (χ1n) is 38.9. The third-order valence-electron chi connectivity index (χ3n) is 23.6. The largest absolute Gasteiger partial charge is 0.309 e. The second-order valence-electron chi connectivity index (χ2n) is 29.8. The minimum absolute atomic E-state index is 0.527. The molecule has 9 nitrogen and oxygen atoms in total. The zero-order chi connectivity index (χ0) is 74.6. The van der Waals surface area contributed by atoms with Gasteiger partial charge < -0.3 is 27.4 Å². The van der Waals surface area contributed by atoms with Gasteiger partial charge in [-0.2, -0.15) is 0 Å². The number of rotatable bonds is 11. The van der Waals surface area contributed by atoms with Crippen LogP contribution in [0.2, 0.25) is 0 Å². The first-order valence-corrected chi connectivity index (χ1v) is 38.9. The Labute approximate surface area is 653 Å². The quantitative estimate of drug-likeness (QED) is 0.130. The van der Waals surface area contributed by atoms with Gasteiger partial charge in [0.05, 0.1) is 83.3 Å². The van der Waals surface area contributed by atoms with Crippen LogP contribution in [0.15, 0.2) is 394 Å². The van der Waals surface area contributed by atoms with Gasteiger partial charge in [-0.1, -0.05) is 255 Å². The van der Waals surface area contributed by atoms with Crippen molar-refractivity contribution in [2.75, 3.05) is 0 Å². The number of nitrogens with zero attached hydrogens (tertiary/aromatic N) is 9. The number of benzene rings is 17. The van der Waals surface area contributed by atoms with E-state index in [1.807, 2.05) is 6.07 Å². The lowest BCUT2D eigenvalue weighted by Gasteiger charge is -2.23. The van der Waals surface area contributed by atoms with Gasteiger partial charge in [0.2, 0.25) is 0 Å². The molecule has 114 heavy (non-hydrogen) atoms. The van der Waals surface area contributed by atoms with Gasteiger partial charge in [0.1, 0.15) is 0 Å². The molecule has 0 saturated carbocycles. The number of para-hydroxylation sites is 10. The van der Waals surface area contributed by atoms with E-state index in [-0.39, 0.29) is 0 Å². The van der Waals surface area contributed by atoms with Gasteiger partial charge in [-0.25, -0.2) is 15.0 Å². The van der Waals surface area contributed by atoms with E-state index in [0.29, 0.717) is 17.5 Å². The summed E-state index contributed by atoms with van der Waals surface area (Å²) in [6, 6.07) is 144. The molecule has 0 saturated heterocycles. The van der Waals surface area contributed by atoms with E-state index in [4.69, 9.17) is 15.0 Å². The molecular formula is C105H65N9. The summed E-state index contributed by atoms with van der Waals surface area (Å²) in [7, 11) is 0.